The highest BCUT2D eigenvalue weighted by molar-refractivity contribution is 5.78. The van der Waals surface area contributed by atoms with Gasteiger partial charge in [0.15, 0.2) is 0 Å². The first kappa shape index (κ1) is 16.8. The van der Waals surface area contributed by atoms with E-state index in [1.54, 1.807) is 16.2 Å². The van der Waals surface area contributed by atoms with Crippen molar-refractivity contribution in [3.63, 3.8) is 0 Å². The molecule has 2 unspecified atom stereocenters. The minimum atomic E-state index is -0.0772. The molecule has 2 heterocycles. The molecular formula is C18H26N4O2. The summed E-state index contributed by atoms with van der Waals surface area (Å²) in [4.78, 5) is 27.0. The zero-order chi connectivity index (χ0) is 17.3. The molecule has 1 saturated heterocycles. The van der Waals surface area contributed by atoms with Crippen LogP contribution in [0.3, 0.4) is 0 Å². The van der Waals surface area contributed by atoms with Crippen LogP contribution in [0, 0.1) is 5.92 Å². The molecular weight excluding hydrogens is 304 g/mol. The van der Waals surface area contributed by atoms with Crippen LogP contribution in [0.2, 0.25) is 0 Å². The zero-order valence-electron chi connectivity index (χ0n) is 14.4. The Morgan fingerprint density at radius 1 is 1.29 bits per heavy atom. The average molecular weight is 330 g/mol. The first-order valence-corrected chi connectivity index (χ1v) is 8.66. The summed E-state index contributed by atoms with van der Waals surface area (Å²) in [5, 5.41) is 0. The number of piperidine rings is 1. The van der Waals surface area contributed by atoms with E-state index in [9.17, 15) is 9.59 Å². The Morgan fingerprint density at radius 2 is 2.00 bits per heavy atom. The third-order valence-corrected chi connectivity index (χ3v) is 5.17. The molecule has 0 aliphatic carbocycles. The predicted molar refractivity (Wildman–Crippen MR) is 94.7 cm³/mol. The van der Waals surface area contributed by atoms with E-state index in [2.05, 4.69) is 6.92 Å². The molecule has 1 aromatic carbocycles. The van der Waals surface area contributed by atoms with Crippen LogP contribution in [0.4, 0.5) is 0 Å². The Labute approximate surface area is 141 Å². The second-order valence-corrected chi connectivity index (χ2v) is 6.84. The fraction of sp³-hybridized carbons (Fsp3) is 0.556. The van der Waals surface area contributed by atoms with Crippen molar-refractivity contribution in [3.8, 4) is 0 Å². The highest BCUT2D eigenvalue weighted by Gasteiger charge is 2.28. The van der Waals surface area contributed by atoms with Crippen LogP contribution in [-0.2, 0) is 18.4 Å². The Hall–Kier alpha value is -2.08. The Bertz CT molecular complexity index is 792. The van der Waals surface area contributed by atoms with E-state index in [-0.39, 0.29) is 17.6 Å². The number of nitrogens with two attached hydrogens (primary N) is 1. The Morgan fingerprint density at radius 3 is 2.71 bits per heavy atom. The minimum Gasteiger partial charge on any atom is -0.338 e. The molecule has 2 atom stereocenters. The molecule has 2 N–H and O–H groups in total. The van der Waals surface area contributed by atoms with Crippen LogP contribution in [0.25, 0.3) is 11.0 Å². The van der Waals surface area contributed by atoms with Gasteiger partial charge in [-0.2, -0.15) is 0 Å². The maximum Gasteiger partial charge on any atom is 0.328 e. The van der Waals surface area contributed by atoms with Crippen LogP contribution in [0.15, 0.2) is 29.1 Å². The smallest absolute Gasteiger partial charge is 0.328 e. The number of imidazole rings is 1. The number of aromatic nitrogens is 2. The van der Waals surface area contributed by atoms with Crippen molar-refractivity contribution < 1.29 is 4.79 Å². The number of amides is 1. The number of likely N-dealkylation sites (tertiary alicyclic amines) is 1. The number of carbonyl (C=O) groups excluding carboxylic acids is 1. The monoisotopic (exact) mass is 330 g/mol. The lowest BCUT2D eigenvalue weighted by Crippen LogP contribution is -2.49. The Balaban J connectivity index is 1.75. The summed E-state index contributed by atoms with van der Waals surface area (Å²) in [5.74, 6) is 0.709. The van der Waals surface area contributed by atoms with Crippen LogP contribution in [0.5, 0.6) is 0 Å². The standard InChI is InChI=1S/C18H26N4O2/c1-13-7-9-21(14(11-13)12-19)17(23)8-10-22-16-6-4-3-5-15(16)20(2)18(22)24/h3-6,13-14H,7-12,19H2,1-2H3. The molecule has 24 heavy (non-hydrogen) atoms. The van der Waals surface area contributed by atoms with Crippen LogP contribution in [-0.4, -0.2) is 39.1 Å². The summed E-state index contributed by atoms with van der Waals surface area (Å²) in [6.07, 6.45) is 2.33. The molecule has 0 bridgehead atoms. The van der Waals surface area contributed by atoms with Crippen molar-refractivity contribution in [2.45, 2.75) is 38.8 Å². The number of carbonyl (C=O) groups is 1. The number of hydrogen-bond donors (Lipinski definition) is 1. The summed E-state index contributed by atoms with van der Waals surface area (Å²) in [7, 11) is 1.76. The van der Waals surface area contributed by atoms with Gasteiger partial charge in [0.2, 0.25) is 5.91 Å². The lowest BCUT2D eigenvalue weighted by Gasteiger charge is -2.38. The lowest BCUT2D eigenvalue weighted by molar-refractivity contribution is -0.135. The topological polar surface area (TPSA) is 73.3 Å². The van der Waals surface area contributed by atoms with E-state index >= 15 is 0 Å². The van der Waals surface area contributed by atoms with Gasteiger partial charge in [0.05, 0.1) is 11.0 Å². The van der Waals surface area contributed by atoms with Gasteiger partial charge >= 0.3 is 5.69 Å². The molecule has 2 aromatic rings. The maximum atomic E-state index is 12.6. The van der Waals surface area contributed by atoms with Crippen LogP contribution < -0.4 is 11.4 Å². The molecule has 6 heteroatoms. The van der Waals surface area contributed by atoms with Crippen LogP contribution >= 0.6 is 0 Å². The van der Waals surface area contributed by atoms with E-state index in [0.29, 0.717) is 25.4 Å². The van der Waals surface area contributed by atoms with Crippen LogP contribution in [0.1, 0.15) is 26.2 Å². The van der Waals surface area contributed by atoms with Crippen molar-refractivity contribution in [2.75, 3.05) is 13.1 Å². The number of fused-ring (bicyclic) bond motifs is 1. The lowest BCUT2D eigenvalue weighted by atomic mass is 9.92. The summed E-state index contributed by atoms with van der Waals surface area (Å²) in [6.45, 7) is 3.89. The van der Waals surface area contributed by atoms with Gasteiger partial charge in [0.25, 0.3) is 0 Å². The summed E-state index contributed by atoms with van der Waals surface area (Å²) in [6, 6.07) is 7.80. The number of aryl methyl sites for hydroxylation is 2. The quantitative estimate of drug-likeness (QED) is 0.919. The SMILES string of the molecule is CC1CCN(C(=O)CCn2c(=O)n(C)c3ccccc32)C(CN)C1. The van der Waals surface area contributed by atoms with Crippen molar-refractivity contribution in [2.24, 2.45) is 18.7 Å². The number of para-hydroxylation sites is 2. The molecule has 1 amide bonds. The molecule has 0 saturated carbocycles. The predicted octanol–water partition coefficient (Wildman–Crippen LogP) is 1.32. The summed E-state index contributed by atoms with van der Waals surface area (Å²) in [5.41, 5.74) is 7.54. The molecule has 0 radical (unpaired) electrons. The molecule has 1 aromatic heterocycles. The van der Waals surface area contributed by atoms with E-state index in [0.717, 1.165) is 30.4 Å². The number of rotatable bonds is 4. The van der Waals surface area contributed by atoms with Gasteiger partial charge in [-0.15, -0.1) is 0 Å². The highest BCUT2D eigenvalue weighted by Crippen LogP contribution is 2.22. The number of hydrogen-bond acceptors (Lipinski definition) is 3. The number of nitrogens with zero attached hydrogens (tertiary/aromatic N) is 3. The highest BCUT2D eigenvalue weighted by atomic mass is 16.2. The summed E-state index contributed by atoms with van der Waals surface area (Å²) < 4.78 is 3.32. The van der Waals surface area contributed by atoms with E-state index < -0.39 is 0 Å². The van der Waals surface area contributed by atoms with Crippen molar-refractivity contribution in [3.05, 3.63) is 34.7 Å². The minimum absolute atomic E-state index is 0.0772. The Kier molecular flexibility index (Phi) is 4.76. The van der Waals surface area contributed by atoms with E-state index in [1.807, 2.05) is 29.2 Å². The summed E-state index contributed by atoms with van der Waals surface area (Å²) >= 11 is 0. The maximum absolute atomic E-state index is 12.6. The second-order valence-electron chi connectivity index (χ2n) is 6.84. The molecule has 130 valence electrons. The van der Waals surface area contributed by atoms with Crippen molar-refractivity contribution in [1.29, 1.82) is 0 Å². The van der Waals surface area contributed by atoms with E-state index in [4.69, 9.17) is 5.73 Å². The molecule has 1 aliphatic rings. The van der Waals surface area contributed by atoms with Gasteiger partial charge in [-0.3, -0.25) is 13.9 Å². The van der Waals surface area contributed by atoms with Gasteiger partial charge in [0.1, 0.15) is 0 Å². The third kappa shape index (κ3) is 2.98. The fourth-order valence-electron chi connectivity index (χ4n) is 3.73. The van der Waals surface area contributed by atoms with Gasteiger partial charge < -0.3 is 10.6 Å². The van der Waals surface area contributed by atoms with Gasteiger partial charge in [0, 0.05) is 39.1 Å². The van der Waals surface area contributed by atoms with Crippen molar-refractivity contribution in [1.82, 2.24) is 14.0 Å². The van der Waals surface area contributed by atoms with E-state index in [1.165, 1.54) is 0 Å². The normalized spacial score (nSPS) is 21.4. The number of benzene rings is 1. The zero-order valence-corrected chi connectivity index (χ0v) is 14.4. The molecule has 6 nitrogen and oxygen atoms in total. The largest absolute Gasteiger partial charge is 0.338 e. The molecule has 0 spiro atoms. The van der Waals surface area contributed by atoms with Crippen molar-refractivity contribution >= 4 is 16.9 Å². The van der Waals surface area contributed by atoms with Gasteiger partial charge in [-0.05, 0) is 30.9 Å². The fourth-order valence-corrected chi connectivity index (χ4v) is 3.73. The van der Waals surface area contributed by atoms with Gasteiger partial charge in [-0.1, -0.05) is 19.1 Å². The average Bonchev–Trinajstić information content (AvgIpc) is 2.84. The third-order valence-electron chi connectivity index (χ3n) is 5.17. The first-order valence-electron chi connectivity index (χ1n) is 8.66. The van der Waals surface area contributed by atoms with Gasteiger partial charge in [-0.25, -0.2) is 4.79 Å². The first-order chi connectivity index (χ1) is 11.5. The molecule has 3 rings (SSSR count). The molecule has 1 aliphatic heterocycles. The molecule has 1 fully saturated rings. The second kappa shape index (κ2) is 6.81.